The van der Waals surface area contributed by atoms with Crippen LogP contribution in [0, 0.1) is 6.92 Å². The third-order valence-corrected chi connectivity index (χ3v) is 2.23. The van der Waals surface area contributed by atoms with Crippen LogP contribution >= 0.6 is 0 Å². The van der Waals surface area contributed by atoms with Crippen LogP contribution in [0.1, 0.15) is 28.7 Å². The predicted octanol–water partition coefficient (Wildman–Crippen LogP) is 1.41. The minimum absolute atomic E-state index is 0.657. The fraction of sp³-hybridized carbons (Fsp3) is 0.300. The number of aryl methyl sites for hydroxylation is 2. The number of carbonyl (C=O) groups is 1. The lowest BCUT2D eigenvalue weighted by Crippen LogP contribution is -1.96. The molecule has 0 aliphatic carbocycles. The summed E-state index contributed by atoms with van der Waals surface area (Å²) >= 11 is 0. The summed E-state index contributed by atoms with van der Waals surface area (Å²) in [6.45, 7) is 3.94. The monoisotopic (exact) mass is 189 g/mol. The van der Waals surface area contributed by atoms with Crippen LogP contribution in [0.4, 0.5) is 0 Å². The van der Waals surface area contributed by atoms with Gasteiger partial charge in [-0.25, -0.2) is 0 Å². The molecule has 0 aliphatic heterocycles. The molecule has 0 aliphatic rings. The lowest BCUT2D eigenvalue weighted by Gasteiger charge is -2.00. The Bertz CT molecular complexity index is 487. The van der Waals surface area contributed by atoms with Crippen LogP contribution in [-0.4, -0.2) is 20.9 Å². The molecule has 2 heterocycles. The minimum atomic E-state index is 0.657. The molecule has 0 atom stereocenters. The molecule has 14 heavy (non-hydrogen) atoms. The Morgan fingerprint density at radius 2 is 2.29 bits per heavy atom. The maximum atomic E-state index is 10.7. The summed E-state index contributed by atoms with van der Waals surface area (Å²) in [5.74, 6) is 0.881. The standard InChI is InChI=1S/C10H11N3O/c1-3-9-11-12-10-7(2)4-8(6-14)5-13(9)10/h4-6H,3H2,1-2H3. The molecule has 0 spiro atoms. The van der Waals surface area contributed by atoms with Gasteiger partial charge in [0, 0.05) is 18.2 Å². The Morgan fingerprint density at radius 3 is 2.93 bits per heavy atom. The largest absolute Gasteiger partial charge is 0.298 e. The Hall–Kier alpha value is -1.71. The second-order valence-corrected chi connectivity index (χ2v) is 3.24. The lowest BCUT2D eigenvalue weighted by atomic mass is 10.2. The molecular formula is C10H11N3O. The zero-order chi connectivity index (χ0) is 10.1. The smallest absolute Gasteiger partial charge is 0.163 e. The molecule has 0 amide bonds. The molecule has 2 aromatic rings. The van der Waals surface area contributed by atoms with Crippen molar-refractivity contribution < 1.29 is 4.79 Å². The first-order valence-electron chi connectivity index (χ1n) is 4.55. The van der Waals surface area contributed by atoms with Crippen LogP contribution in [0.25, 0.3) is 5.65 Å². The van der Waals surface area contributed by atoms with E-state index in [0.29, 0.717) is 5.56 Å². The van der Waals surface area contributed by atoms with Gasteiger partial charge >= 0.3 is 0 Å². The Balaban J connectivity index is 2.79. The number of aldehydes is 1. The number of hydrogen-bond donors (Lipinski definition) is 0. The van der Waals surface area contributed by atoms with Crippen molar-refractivity contribution in [3.8, 4) is 0 Å². The van der Waals surface area contributed by atoms with Gasteiger partial charge in [-0.05, 0) is 18.6 Å². The van der Waals surface area contributed by atoms with E-state index in [1.807, 2.05) is 24.3 Å². The Labute approximate surface area is 81.6 Å². The van der Waals surface area contributed by atoms with Gasteiger partial charge in [0.15, 0.2) is 11.9 Å². The summed E-state index contributed by atoms with van der Waals surface area (Å²) in [4.78, 5) is 10.7. The van der Waals surface area contributed by atoms with E-state index in [1.165, 1.54) is 0 Å². The van der Waals surface area contributed by atoms with E-state index in [1.54, 1.807) is 6.20 Å². The van der Waals surface area contributed by atoms with Crippen LogP contribution in [0.3, 0.4) is 0 Å². The lowest BCUT2D eigenvalue weighted by molar-refractivity contribution is 0.112. The fourth-order valence-electron chi connectivity index (χ4n) is 1.53. The van der Waals surface area contributed by atoms with Crippen LogP contribution < -0.4 is 0 Å². The first-order chi connectivity index (χ1) is 6.76. The average Bonchev–Trinajstić information content (AvgIpc) is 2.61. The fourth-order valence-corrected chi connectivity index (χ4v) is 1.53. The van der Waals surface area contributed by atoms with Gasteiger partial charge in [-0.1, -0.05) is 6.92 Å². The Morgan fingerprint density at radius 1 is 1.50 bits per heavy atom. The van der Waals surface area contributed by atoms with E-state index in [9.17, 15) is 4.79 Å². The molecule has 72 valence electrons. The molecule has 0 fully saturated rings. The summed E-state index contributed by atoms with van der Waals surface area (Å²) in [6.07, 6.45) is 3.42. The number of rotatable bonds is 2. The highest BCUT2D eigenvalue weighted by Gasteiger charge is 2.06. The van der Waals surface area contributed by atoms with Crippen molar-refractivity contribution >= 4 is 11.9 Å². The second-order valence-electron chi connectivity index (χ2n) is 3.24. The first-order valence-corrected chi connectivity index (χ1v) is 4.55. The molecular weight excluding hydrogens is 178 g/mol. The maximum Gasteiger partial charge on any atom is 0.163 e. The minimum Gasteiger partial charge on any atom is -0.298 e. The number of aromatic nitrogens is 3. The van der Waals surface area contributed by atoms with Gasteiger partial charge in [-0.3, -0.25) is 9.20 Å². The highest BCUT2D eigenvalue weighted by Crippen LogP contribution is 2.11. The predicted molar refractivity (Wildman–Crippen MR) is 52.5 cm³/mol. The van der Waals surface area contributed by atoms with Crippen molar-refractivity contribution in [1.29, 1.82) is 0 Å². The molecule has 4 heteroatoms. The van der Waals surface area contributed by atoms with Crippen molar-refractivity contribution in [1.82, 2.24) is 14.6 Å². The molecule has 2 aromatic heterocycles. The summed E-state index contributed by atoms with van der Waals surface area (Å²) < 4.78 is 1.87. The normalized spacial score (nSPS) is 10.7. The summed E-state index contributed by atoms with van der Waals surface area (Å²) in [7, 11) is 0. The van der Waals surface area contributed by atoms with Gasteiger partial charge < -0.3 is 0 Å². The number of pyridine rings is 1. The van der Waals surface area contributed by atoms with Gasteiger partial charge in [-0.15, -0.1) is 10.2 Å². The molecule has 0 N–H and O–H groups in total. The molecule has 0 aromatic carbocycles. The molecule has 0 saturated heterocycles. The van der Waals surface area contributed by atoms with Gasteiger partial charge in [0.25, 0.3) is 0 Å². The zero-order valence-corrected chi connectivity index (χ0v) is 8.19. The van der Waals surface area contributed by atoms with Crippen molar-refractivity contribution in [2.75, 3.05) is 0 Å². The molecule has 0 saturated carbocycles. The van der Waals surface area contributed by atoms with Gasteiger partial charge in [0.2, 0.25) is 0 Å². The summed E-state index contributed by atoms with van der Waals surface area (Å²) in [5, 5.41) is 8.11. The molecule has 0 radical (unpaired) electrons. The highest BCUT2D eigenvalue weighted by atomic mass is 16.1. The topological polar surface area (TPSA) is 47.3 Å². The molecule has 0 bridgehead atoms. The number of hydrogen-bond acceptors (Lipinski definition) is 3. The number of nitrogens with zero attached hydrogens (tertiary/aromatic N) is 3. The molecule has 2 rings (SSSR count). The van der Waals surface area contributed by atoms with E-state index >= 15 is 0 Å². The van der Waals surface area contributed by atoms with E-state index in [4.69, 9.17) is 0 Å². The third kappa shape index (κ3) is 1.19. The Kier molecular flexibility index (Phi) is 2.04. The van der Waals surface area contributed by atoms with Crippen molar-refractivity contribution in [2.24, 2.45) is 0 Å². The van der Waals surface area contributed by atoms with Crippen LogP contribution in [-0.2, 0) is 6.42 Å². The first kappa shape index (κ1) is 8.87. The van der Waals surface area contributed by atoms with Crippen molar-refractivity contribution in [3.05, 3.63) is 29.2 Å². The molecule has 0 unspecified atom stereocenters. The SMILES string of the molecule is CCc1nnc2c(C)cc(C=O)cn12. The van der Waals surface area contributed by atoms with Gasteiger partial charge in [-0.2, -0.15) is 0 Å². The number of carbonyl (C=O) groups excluding carboxylic acids is 1. The van der Waals surface area contributed by atoms with Gasteiger partial charge in [0.1, 0.15) is 5.82 Å². The average molecular weight is 189 g/mol. The van der Waals surface area contributed by atoms with Crippen LogP contribution in [0.5, 0.6) is 0 Å². The van der Waals surface area contributed by atoms with Crippen LogP contribution in [0.2, 0.25) is 0 Å². The van der Waals surface area contributed by atoms with Crippen molar-refractivity contribution in [2.45, 2.75) is 20.3 Å². The quantitative estimate of drug-likeness (QED) is 0.671. The van der Waals surface area contributed by atoms with E-state index in [0.717, 1.165) is 29.7 Å². The third-order valence-electron chi connectivity index (χ3n) is 2.23. The van der Waals surface area contributed by atoms with E-state index in [2.05, 4.69) is 10.2 Å². The van der Waals surface area contributed by atoms with E-state index < -0.39 is 0 Å². The number of fused-ring (bicyclic) bond motifs is 1. The van der Waals surface area contributed by atoms with E-state index in [-0.39, 0.29) is 0 Å². The summed E-state index contributed by atoms with van der Waals surface area (Å²) in [5.41, 5.74) is 2.46. The zero-order valence-electron chi connectivity index (χ0n) is 8.19. The molecule has 4 nitrogen and oxygen atoms in total. The second kappa shape index (κ2) is 3.21. The highest BCUT2D eigenvalue weighted by molar-refractivity contribution is 5.75. The maximum absolute atomic E-state index is 10.7. The van der Waals surface area contributed by atoms with Crippen LogP contribution in [0.15, 0.2) is 12.3 Å². The summed E-state index contributed by atoms with van der Waals surface area (Å²) in [6, 6.07) is 1.82. The van der Waals surface area contributed by atoms with Crippen molar-refractivity contribution in [3.63, 3.8) is 0 Å². The van der Waals surface area contributed by atoms with Gasteiger partial charge in [0.05, 0.1) is 0 Å².